The molecule has 0 radical (unpaired) electrons. The molecule has 1 aliphatic rings. The minimum atomic E-state index is -0.883. The van der Waals surface area contributed by atoms with Crippen LogP contribution in [0.25, 0.3) is 0 Å². The number of carbonyl (C=O) groups excluding carboxylic acids is 1. The third-order valence-corrected chi connectivity index (χ3v) is 5.13. The Hall–Kier alpha value is -1.91. The van der Waals surface area contributed by atoms with Gasteiger partial charge in [-0.25, -0.2) is 4.39 Å². The van der Waals surface area contributed by atoms with E-state index in [0.29, 0.717) is 25.8 Å². The molecule has 1 amide bonds. The van der Waals surface area contributed by atoms with Gasteiger partial charge in [-0.1, -0.05) is 31.4 Å². The van der Waals surface area contributed by atoms with Gasteiger partial charge in [-0.2, -0.15) is 0 Å². The predicted octanol–water partition coefficient (Wildman–Crippen LogP) is 3.64. The molecule has 5 heteroatoms. The SMILES string of the molecule is CC(C)(CCNC(=O)C1(c2cccc(F)c2)CCCCC1)C(=O)O. The summed E-state index contributed by atoms with van der Waals surface area (Å²) in [5.74, 6) is -1.33. The molecular formula is C19H26FNO3. The number of carbonyl (C=O) groups is 2. The first-order valence-electron chi connectivity index (χ1n) is 8.56. The Balaban J connectivity index is 2.13. The molecule has 0 spiro atoms. The highest BCUT2D eigenvalue weighted by Gasteiger charge is 2.41. The second-order valence-electron chi connectivity index (χ2n) is 7.35. The number of carboxylic acids is 1. The first-order valence-corrected chi connectivity index (χ1v) is 8.56. The maximum atomic E-state index is 13.7. The van der Waals surface area contributed by atoms with Gasteiger partial charge in [0.05, 0.1) is 10.8 Å². The van der Waals surface area contributed by atoms with E-state index in [2.05, 4.69) is 5.32 Å². The van der Waals surface area contributed by atoms with Crippen molar-refractivity contribution in [3.63, 3.8) is 0 Å². The zero-order chi connectivity index (χ0) is 17.8. The lowest BCUT2D eigenvalue weighted by Gasteiger charge is -2.36. The van der Waals surface area contributed by atoms with E-state index in [0.717, 1.165) is 24.8 Å². The van der Waals surface area contributed by atoms with Gasteiger partial charge in [-0.3, -0.25) is 9.59 Å². The molecule has 1 aliphatic carbocycles. The molecule has 1 aromatic rings. The maximum absolute atomic E-state index is 13.7. The summed E-state index contributed by atoms with van der Waals surface area (Å²) in [5, 5.41) is 12.1. The van der Waals surface area contributed by atoms with E-state index in [4.69, 9.17) is 5.11 Å². The number of benzene rings is 1. The van der Waals surface area contributed by atoms with Crippen molar-refractivity contribution in [3.05, 3.63) is 35.6 Å². The van der Waals surface area contributed by atoms with Crippen LogP contribution in [-0.4, -0.2) is 23.5 Å². The van der Waals surface area contributed by atoms with Crippen molar-refractivity contribution >= 4 is 11.9 Å². The zero-order valence-corrected chi connectivity index (χ0v) is 14.4. The molecule has 132 valence electrons. The highest BCUT2D eigenvalue weighted by Crippen LogP contribution is 2.40. The van der Waals surface area contributed by atoms with Gasteiger partial charge in [0.25, 0.3) is 0 Å². The Morgan fingerprint density at radius 1 is 1.25 bits per heavy atom. The lowest BCUT2D eigenvalue weighted by Crippen LogP contribution is -2.46. The minimum Gasteiger partial charge on any atom is -0.481 e. The number of hydrogen-bond acceptors (Lipinski definition) is 2. The number of halogens is 1. The minimum absolute atomic E-state index is 0.117. The van der Waals surface area contributed by atoms with Crippen LogP contribution in [-0.2, 0) is 15.0 Å². The third-order valence-electron chi connectivity index (χ3n) is 5.13. The number of amides is 1. The van der Waals surface area contributed by atoms with Crippen molar-refractivity contribution in [1.82, 2.24) is 5.32 Å². The van der Waals surface area contributed by atoms with Crippen molar-refractivity contribution in [3.8, 4) is 0 Å². The molecular weight excluding hydrogens is 309 g/mol. The Kier molecular flexibility index (Phi) is 5.62. The van der Waals surface area contributed by atoms with Crippen LogP contribution in [0.5, 0.6) is 0 Å². The molecule has 0 atom stereocenters. The zero-order valence-electron chi connectivity index (χ0n) is 14.4. The summed E-state index contributed by atoms with van der Waals surface area (Å²) in [6.07, 6.45) is 4.70. The first kappa shape index (κ1) is 18.4. The van der Waals surface area contributed by atoms with Crippen LogP contribution >= 0.6 is 0 Å². The first-order chi connectivity index (χ1) is 11.3. The number of aliphatic carboxylic acids is 1. The fourth-order valence-electron chi connectivity index (χ4n) is 3.35. The molecule has 2 rings (SSSR count). The van der Waals surface area contributed by atoms with Crippen molar-refractivity contribution in [2.45, 2.75) is 57.8 Å². The largest absolute Gasteiger partial charge is 0.481 e. The van der Waals surface area contributed by atoms with Crippen LogP contribution in [0.4, 0.5) is 4.39 Å². The van der Waals surface area contributed by atoms with E-state index < -0.39 is 16.8 Å². The fraction of sp³-hybridized carbons (Fsp3) is 0.579. The number of carboxylic acid groups (broad SMARTS) is 1. The summed E-state index contributed by atoms with van der Waals surface area (Å²) in [6, 6.07) is 6.29. The molecule has 0 heterocycles. The van der Waals surface area contributed by atoms with Crippen LogP contribution in [0, 0.1) is 11.2 Å². The molecule has 1 saturated carbocycles. The third kappa shape index (κ3) is 3.94. The smallest absolute Gasteiger partial charge is 0.309 e. The lowest BCUT2D eigenvalue weighted by atomic mass is 9.68. The van der Waals surface area contributed by atoms with E-state index in [-0.39, 0.29) is 11.7 Å². The summed E-state index contributed by atoms with van der Waals surface area (Å²) >= 11 is 0. The van der Waals surface area contributed by atoms with Gasteiger partial charge in [0.15, 0.2) is 0 Å². The monoisotopic (exact) mass is 335 g/mol. The van der Waals surface area contributed by atoms with Crippen molar-refractivity contribution < 1.29 is 19.1 Å². The van der Waals surface area contributed by atoms with Crippen LogP contribution in [0.15, 0.2) is 24.3 Å². The topological polar surface area (TPSA) is 66.4 Å². The standard InChI is InChI=1S/C19H26FNO3/c1-18(2,17(23)24)11-12-21-16(22)19(9-4-3-5-10-19)14-7-6-8-15(20)13-14/h6-8,13H,3-5,9-12H2,1-2H3,(H,21,22)(H,23,24). The van der Waals surface area contributed by atoms with Crippen LogP contribution in [0.2, 0.25) is 0 Å². The van der Waals surface area contributed by atoms with E-state index in [1.54, 1.807) is 19.9 Å². The molecule has 0 unspecified atom stereocenters. The molecule has 4 nitrogen and oxygen atoms in total. The van der Waals surface area contributed by atoms with Gasteiger partial charge in [0.2, 0.25) is 5.91 Å². The second-order valence-corrected chi connectivity index (χ2v) is 7.35. The Morgan fingerprint density at radius 3 is 2.50 bits per heavy atom. The van der Waals surface area contributed by atoms with Crippen LogP contribution in [0.1, 0.15) is 57.9 Å². The predicted molar refractivity (Wildman–Crippen MR) is 90.2 cm³/mol. The van der Waals surface area contributed by atoms with Gasteiger partial charge in [0, 0.05) is 6.54 Å². The van der Waals surface area contributed by atoms with Crippen molar-refractivity contribution in [2.24, 2.45) is 5.41 Å². The Morgan fingerprint density at radius 2 is 1.92 bits per heavy atom. The van der Waals surface area contributed by atoms with Gasteiger partial charge in [0.1, 0.15) is 5.82 Å². The summed E-state index contributed by atoms with van der Waals surface area (Å²) in [4.78, 5) is 24.1. The van der Waals surface area contributed by atoms with Crippen LogP contribution in [0.3, 0.4) is 0 Å². The summed E-state index contributed by atoms with van der Waals surface area (Å²) in [7, 11) is 0. The van der Waals surface area contributed by atoms with E-state index in [1.807, 2.05) is 6.07 Å². The lowest BCUT2D eigenvalue weighted by molar-refractivity contribution is -0.147. The normalized spacial score (nSPS) is 17.3. The fourth-order valence-corrected chi connectivity index (χ4v) is 3.35. The van der Waals surface area contributed by atoms with E-state index in [1.165, 1.54) is 12.1 Å². The van der Waals surface area contributed by atoms with Gasteiger partial charge >= 0.3 is 5.97 Å². The molecule has 1 aromatic carbocycles. The molecule has 0 saturated heterocycles. The van der Waals surface area contributed by atoms with E-state index >= 15 is 0 Å². The highest BCUT2D eigenvalue weighted by atomic mass is 19.1. The maximum Gasteiger partial charge on any atom is 0.309 e. The van der Waals surface area contributed by atoms with Gasteiger partial charge in [-0.05, 0) is 50.8 Å². The summed E-state index contributed by atoms with van der Waals surface area (Å²) in [6.45, 7) is 3.59. The molecule has 2 N–H and O–H groups in total. The average molecular weight is 335 g/mol. The van der Waals surface area contributed by atoms with Crippen LogP contribution < -0.4 is 5.32 Å². The molecule has 1 fully saturated rings. The Bertz CT molecular complexity index is 606. The van der Waals surface area contributed by atoms with Gasteiger partial charge < -0.3 is 10.4 Å². The Labute approximate surface area is 142 Å². The quantitative estimate of drug-likeness (QED) is 0.834. The molecule has 0 bridgehead atoms. The highest BCUT2D eigenvalue weighted by molar-refractivity contribution is 5.88. The van der Waals surface area contributed by atoms with Crippen molar-refractivity contribution in [1.29, 1.82) is 0 Å². The second kappa shape index (κ2) is 7.32. The molecule has 0 aliphatic heterocycles. The summed E-state index contributed by atoms with van der Waals surface area (Å²) in [5.41, 5.74) is -0.864. The number of rotatable bonds is 6. The van der Waals surface area contributed by atoms with Gasteiger partial charge in [-0.15, -0.1) is 0 Å². The molecule has 24 heavy (non-hydrogen) atoms. The summed E-state index contributed by atoms with van der Waals surface area (Å²) < 4.78 is 13.7. The number of hydrogen-bond donors (Lipinski definition) is 2. The average Bonchev–Trinajstić information content (AvgIpc) is 2.55. The molecule has 0 aromatic heterocycles. The van der Waals surface area contributed by atoms with E-state index in [9.17, 15) is 14.0 Å². The van der Waals surface area contributed by atoms with Crippen molar-refractivity contribution in [2.75, 3.05) is 6.54 Å². The number of nitrogens with one attached hydrogen (secondary N) is 1.